The summed E-state index contributed by atoms with van der Waals surface area (Å²) in [4.78, 5) is 18.6. The number of carboxylic acids is 1. The van der Waals surface area contributed by atoms with Gasteiger partial charge >= 0.3 is 5.97 Å². The van der Waals surface area contributed by atoms with Crippen LogP contribution >= 0.6 is 0 Å². The van der Waals surface area contributed by atoms with Gasteiger partial charge in [-0.15, -0.1) is 0 Å². The summed E-state index contributed by atoms with van der Waals surface area (Å²) in [6.07, 6.45) is 8.54. The summed E-state index contributed by atoms with van der Waals surface area (Å²) in [5.74, 6) is -0.185. The van der Waals surface area contributed by atoms with Crippen LogP contribution in [0.25, 0.3) is 0 Å². The van der Waals surface area contributed by atoms with Crippen LogP contribution in [0.5, 0.6) is 0 Å². The largest absolute Gasteiger partial charge is 0.480 e. The molecule has 0 radical (unpaired) electrons. The Morgan fingerprint density at radius 1 is 1.26 bits per heavy atom. The Morgan fingerprint density at radius 3 is 2.79 bits per heavy atom. The first-order chi connectivity index (χ1) is 19.0. The summed E-state index contributed by atoms with van der Waals surface area (Å²) in [6, 6.07) is 8.38. The van der Waals surface area contributed by atoms with E-state index in [1.165, 1.54) is 18.4 Å². The number of aromatic nitrogens is 1. The summed E-state index contributed by atoms with van der Waals surface area (Å²) in [5, 5.41) is 20.7. The number of alkyl halides is 1. The SMILES string of the molecule is C1CCOC1.N=Cc1cccc(C(C(=O)O)N2CCC(C(F)CCCCc3ccc4c(n3)NCCC4)C2)c1N. The third-order valence-corrected chi connectivity index (χ3v) is 7.93. The number of unbranched alkanes of at least 4 members (excludes halogenated alkanes) is 1. The first-order valence-electron chi connectivity index (χ1n) is 14.3. The second kappa shape index (κ2) is 14.4. The van der Waals surface area contributed by atoms with Crippen molar-refractivity contribution in [3.8, 4) is 0 Å². The van der Waals surface area contributed by atoms with Crippen molar-refractivity contribution in [3.05, 3.63) is 52.7 Å². The molecule has 3 aliphatic heterocycles. The van der Waals surface area contributed by atoms with Gasteiger partial charge in [0.05, 0.1) is 0 Å². The zero-order chi connectivity index (χ0) is 27.6. The Hall–Kier alpha value is -3.04. The molecule has 5 N–H and O–H groups in total. The third kappa shape index (κ3) is 7.76. The molecule has 9 heteroatoms. The van der Waals surface area contributed by atoms with Crippen molar-refractivity contribution in [1.82, 2.24) is 9.88 Å². The predicted octanol–water partition coefficient (Wildman–Crippen LogP) is 5.02. The maximum absolute atomic E-state index is 15.0. The quantitative estimate of drug-likeness (QED) is 0.190. The molecule has 8 nitrogen and oxygen atoms in total. The lowest BCUT2D eigenvalue weighted by Gasteiger charge is -2.26. The van der Waals surface area contributed by atoms with Crippen LogP contribution in [0.2, 0.25) is 0 Å². The Bertz CT molecular complexity index is 1100. The molecular formula is C30H42FN5O3. The second-order valence-electron chi connectivity index (χ2n) is 10.7. The van der Waals surface area contributed by atoms with Crippen molar-refractivity contribution >= 4 is 23.7 Å². The van der Waals surface area contributed by atoms with Crippen LogP contribution in [0.15, 0.2) is 30.3 Å². The van der Waals surface area contributed by atoms with Crippen LogP contribution in [0.1, 0.15) is 73.4 Å². The number of nitrogens with one attached hydrogen (secondary N) is 2. The third-order valence-electron chi connectivity index (χ3n) is 7.93. The molecule has 0 bridgehead atoms. The number of rotatable bonds is 10. The summed E-state index contributed by atoms with van der Waals surface area (Å²) < 4.78 is 20.0. The van der Waals surface area contributed by atoms with Gasteiger partial charge in [-0.05, 0) is 69.5 Å². The van der Waals surface area contributed by atoms with Gasteiger partial charge in [0.2, 0.25) is 0 Å². The Kier molecular flexibility index (Phi) is 10.7. The van der Waals surface area contributed by atoms with E-state index in [0.717, 1.165) is 69.6 Å². The molecule has 0 amide bonds. The number of hydrogen-bond acceptors (Lipinski definition) is 7. The zero-order valence-corrected chi connectivity index (χ0v) is 22.7. The van der Waals surface area contributed by atoms with Crippen LogP contribution in [0.4, 0.5) is 15.9 Å². The minimum atomic E-state index is -1.00. The number of anilines is 2. The number of likely N-dealkylation sites (tertiary alicyclic amines) is 1. The molecular weight excluding hydrogens is 497 g/mol. The van der Waals surface area contributed by atoms with E-state index in [1.807, 2.05) is 4.90 Å². The van der Waals surface area contributed by atoms with Crippen molar-refractivity contribution in [1.29, 1.82) is 5.41 Å². The number of nitrogens with zero attached hydrogens (tertiary/aromatic N) is 2. The number of pyridine rings is 1. The van der Waals surface area contributed by atoms with E-state index >= 15 is 4.39 Å². The standard InChI is InChI=1S/C26H34FN5O2.C4H8O/c27-22(9-2-1-7-20-11-10-17-6-4-13-30-25(17)31-20)19-12-14-32(16-19)24(26(33)34)21-8-3-5-18(15-28)23(21)29;1-2-4-5-3-1/h3,5,8,10-11,15,19,22,24,28H,1-2,4,6-7,9,12-14,16,29H2,(H,30,31)(H,33,34);1-4H2. The maximum atomic E-state index is 15.0. The highest BCUT2D eigenvalue weighted by Crippen LogP contribution is 2.34. The fourth-order valence-electron chi connectivity index (χ4n) is 5.70. The van der Waals surface area contributed by atoms with E-state index in [4.69, 9.17) is 20.9 Å². The van der Waals surface area contributed by atoms with Crippen molar-refractivity contribution < 1.29 is 19.0 Å². The van der Waals surface area contributed by atoms with E-state index in [1.54, 1.807) is 18.2 Å². The van der Waals surface area contributed by atoms with Gasteiger partial charge in [0.1, 0.15) is 18.0 Å². The maximum Gasteiger partial charge on any atom is 0.325 e. The summed E-state index contributed by atoms with van der Waals surface area (Å²) in [5.41, 5.74) is 9.72. The smallest absolute Gasteiger partial charge is 0.325 e. The normalized spacial score (nSPS) is 20.3. The molecule has 0 spiro atoms. The van der Waals surface area contributed by atoms with Gasteiger partial charge in [-0.25, -0.2) is 9.37 Å². The fraction of sp³-hybridized carbons (Fsp3) is 0.567. The van der Waals surface area contributed by atoms with E-state index in [9.17, 15) is 9.90 Å². The summed E-state index contributed by atoms with van der Waals surface area (Å²) >= 11 is 0. The highest BCUT2D eigenvalue weighted by Gasteiger charge is 2.37. The minimum Gasteiger partial charge on any atom is -0.480 e. The molecule has 2 saturated heterocycles. The number of carbonyl (C=O) groups is 1. The fourth-order valence-corrected chi connectivity index (χ4v) is 5.70. The lowest BCUT2D eigenvalue weighted by molar-refractivity contribution is -0.143. The molecule has 0 aliphatic carbocycles. The summed E-state index contributed by atoms with van der Waals surface area (Å²) in [7, 11) is 0. The van der Waals surface area contributed by atoms with Crippen LogP contribution in [0, 0.1) is 11.3 Å². The van der Waals surface area contributed by atoms with Crippen LogP contribution in [-0.4, -0.2) is 66.2 Å². The van der Waals surface area contributed by atoms with E-state index in [-0.39, 0.29) is 5.92 Å². The lowest BCUT2D eigenvalue weighted by atomic mass is 9.97. The van der Waals surface area contributed by atoms with Crippen molar-refractivity contribution in [2.24, 2.45) is 5.92 Å². The van der Waals surface area contributed by atoms with Gasteiger partial charge in [-0.1, -0.05) is 30.7 Å². The van der Waals surface area contributed by atoms with Crippen molar-refractivity contribution in [2.75, 3.05) is 43.9 Å². The number of nitrogens with two attached hydrogens (primary N) is 1. The van der Waals surface area contributed by atoms with Crippen molar-refractivity contribution in [3.63, 3.8) is 0 Å². The number of fused-ring (bicyclic) bond motifs is 1. The predicted molar refractivity (Wildman–Crippen MR) is 152 cm³/mol. The molecule has 1 aromatic heterocycles. The molecule has 2 fully saturated rings. The van der Waals surface area contributed by atoms with Crippen molar-refractivity contribution in [2.45, 2.75) is 70.0 Å². The van der Waals surface area contributed by atoms with Gasteiger partial charge < -0.3 is 26.3 Å². The highest BCUT2D eigenvalue weighted by molar-refractivity contribution is 5.88. The number of benzene rings is 1. The Balaban J connectivity index is 0.000000634. The molecule has 3 unspecified atom stereocenters. The number of hydrogen-bond donors (Lipinski definition) is 4. The molecule has 3 aliphatic rings. The molecule has 4 heterocycles. The Labute approximate surface area is 230 Å². The zero-order valence-electron chi connectivity index (χ0n) is 22.7. The molecule has 0 saturated carbocycles. The lowest BCUT2D eigenvalue weighted by Crippen LogP contribution is -2.34. The van der Waals surface area contributed by atoms with E-state index in [2.05, 4.69) is 17.4 Å². The number of aryl methyl sites for hydroxylation is 2. The first-order valence-corrected chi connectivity index (χ1v) is 14.3. The number of aliphatic carboxylic acids is 1. The number of carboxylic acid groups (broad SMARTS) is 1. The molecule has 1 aromatic carbocycles. The van der Waals surface area contributed by atoms with Gasteiger partial charge in [0.25, 0.3) is 0 Å². The molecule has 39 heavy (non-hydrogen) atoms. The molecule has 3 atom stereocenters. The Morgan fingerprint density at radius 2 is 2.08 bits per heavy atom. The number of para-hydroxylation sites is 1. The van der Waals surface area contributed by atoms with Crippen LogP contribution < -0.4 is 11.1 Å². The van der Waals surface area contributed by atoms with Gasteiger partial charge in [-0.3, -0.25) is 9.69 Å². The minimum absolute atomic E-state index is 0.180. The average Bonchev–Trinajstić information content (AvgIpc) is 3.68. The van der Waals surface area contributed by atoms with Gasteiger partial charge in [0.15, 0.2) is 0 Å². The average molecular weight is 540 g/mol. The molecule has 212 valence electrons. The number of ether oxygens (including phenoxy) is 1. The summed E-state index contributed by atoms with van der Waals surface area (Å²) in [6.45, 7) is 3.88. The van der Waals surface area contributed by atoms with Gasteiger partial charge in [-0.2, -0.15) is 0 Å². The molecule has 2 aromatic rings. The highest BCUT2D eigenvalue weighted by atomic mass is 19.1. The van der Waals surface area contributed by atoms with Crippen LogP contribution in [0.3, 0.4) is 0 Å². The first kappa shape index (κ1) is 29.0. The number of nitrogen functional groups attached to an aromatic ring is 1. The number of halogens is 1. The second-order valence-corrected chi connectivity index (χ2v) is 10.7. The topological polar surface area (TPSA) is 125 Å². The van der Waals surface area contributed by atoms with E-state index < -0.39 is 18.2 Å². The van der Waals surface area contributed by atoms with Gasteiger partial charge in [0, 0.05) is 60.9 Å². The van der Waals surface area contributed by atoms with Crippen LogP contribution in [-0.2, 0) is 22.4 Å². The van der Waals surface area contributed by atoms with E-state index in [0.29, 0.717) is 42.7 Å². The monoisotopic (exact) mass is 539 g/mol. The molecule has 5 rings (SSSR count).